The third-order valence-corrected chi connectivity index (χ3v) is 2.93. The first-order valence-electron chi connectivity index (χ1n) is 6.43. The molecular formula is C14H20N2O3. The Hall–Kier alpha value is -2.04. The van der Waals surface area contributed by atoms with E-state index in [0.29, 0.717) is 6.42 Å². The van der Waals surface area contributed by atoms with Crippen LogP contribution in [0.2, 0.25) is 0 Å². The first kappa shape index (κ1) is 15.0. The number of hydrogen-bond acceptors (Lipinski definition) is 2. The molecule has 1 aromatic carbocycles. The second-order valence-corrected chi connectivity index (χ2v) is 4.29. The summed E-state index contributed by atoms with van der Waals surface area (Å²) in [6.07, 6.45) is 1.09. The van der Waals surface area contributed by atoms with Crippen molar-refractivity contribution < 1.29 is 14.7 Å². The third kappa shape index (κ3) is 4.62. The lowest BCUT2D eigenvalue weighted by molar-refractivity contribution is -0.139. The average molecular weight is 264 g/mol. The van der Waals surface area contributed by atoms with Crippen LogP contribution in [0.3, 0.4) is 0 Å². The fourth-order valence-corrected chi connectivity index (χ4v) is 1.80. The number of urea groups is 1. The Morgan fingerprint density at radius 2 is 1.74 bits per heavy atom. The molecule has 0 aliphatic carbocycles. The Morgan fingerprint density at radius 1 is 1.11 bits per heavy atom. The molecule has 1 rings (SSSR count). The van der Waals surface area contributed by atoms with Gasteiger partial charge in [0, 0.05) is 0 Å². The number of carboxylic acid groups (broad SMARTS) is 1. The highest BCUT2D eigenvalue weighted by Gasteiger charge is 2.19. The Labute approximate surface area is 113 Å². The van der Waals surface area contributed by atoms with Crippen molar-refractivity contribution in [3.05, 3.63) is 35.9 Å². The minimum atomic E-state index is -1.02. The molecule has 2 atom stereocenters. The summed E-state index contributed by atoms with van der Waals surface area (Å²) in [7, 11) is 0. The highest BCUT2D eigenvalue weighted by molar-refractivity contribution is 5.82. The Morgan fingerprint density at radius 3 is 2.21 bits per heavy atom. The maximum Gasteiger partial charge on any atom is 0.326 e. The second-order valence-electron chi connectivity index (χ2n) is 4.29. The molecule has 1 aromatic rings. The van der Waals surface area contributed by atoms with Crippen LogP contribution in [0, 0.1) is 0 Å². The van der Waals surface area contributed by atoms with Crippen molar-refractivity contribution in [2.75, 3.05) is 0 Å². The van der Waals surface area contributed by atoms with Gasteiger partial charge in [0.05, 0.1) is 6.04 Å². The van der Waals surface area contributed by atoms with Gasteiger partial charge in [-0.1, -0.05) is 44.2 Å². The van der Waals surface area contributed by atoms with Gasteiger partial charge in [0.2, 0.25) is 0 Å². The molecule has 5 nitrogen and oxygen atoms in total. The molecule has 19 heavy (non-hydrogen) atoms. The lowest BCUT2D eigenvalue weighted by Gasteiger charge is -2.19. The van der Waals surface area contributed by atoms with E-state index in [1.54, 1.807) is 6.92 Å². The number of hydrogen-bond donors (Lipinski definition) is 3. The van der Waals surface area contributed by atoms with E-state index in [0.717, 1.165) is 12.0 Å². The van der Waals surface area contributed by atoms with Gasteiger partial charge in [0.15, 0.2) is 0 Å². The van der Waals surface area contributed by atoms with Crippen LogP contribution in [0.25, 0.3) is 0 Å². The molecule has 0 aliphatic rings. The van der Waals surface area contributed by atoms with Crippen LogP contribution >= 0.6 is 0 Å². The fourth-order valence-electron chi connectivity index (χ4n) is 1.80. The van der Waals surface area contributed by atoms with Gasteiger partial charge in [-0.3, -0.25) is 0 Å². The lowest BCUT2D eigenvalue weighted by Crippen LogP contribution is -2.46. The van der Waals surface area contributed by atoms with Gasteiger partial charge in [-0.2, -0.15) is 0 Å². The summed E-state index contributed by atoms with van der Waals surface area (Å²) in [5.41, 5.74) is 1.00. The predicted octanol–water partition coefficient (Wildman–Crippen LogP) is 2.30. The van der Waals surface area contributed by atoms with Gasteiger partial charge in [0.25, 0.3) is 0 Å². The van der Waals surface area contributed by atoms with Gasteiger partial charge in [-0.15, -0.1) is 0 Å². The molecular weight excluding hydrogens is 244 g/mol. The van der Waals surface area contributed by atoms with Gasteiger partial charge in [-0.05, 0) is 18.4 Å². The summed E-state index contributed by atoms with van der Waals surface area (Å²) in [4.78, 5) is 22.6. The molecule has 0 fully saturated rings. The van der Waals surface area contributed by atoms with E-state index in [4.69, 9.17) is 5.11 Å². The molecule has 0 bridgehead atoms. The number of carbonyl (C=O) groups is 2. The number of rotatable bonds is 6. The summed E-state index contributed by atoms with van der Waals surface area (Å²) in [6.45, 7) is 3.68. The van der Waals surface area contributed by atoms with Crippen molar-refractivity contribution in [3.63, 3.8) is 0 Å². The molecule has 5 heteroatoms. The maximum absolute atomic E-state index is 11.8. The average Bonchev–Trinajstić information content (AvgIpc) is 2.42. The molecule has 2 amide bonds. The van der Waals surface area contributed by atoms with Gasteiger partial charge < -0.3 is 15.7 Å². The van der Waals surface area contributed by atoms with Gasteiger partial charge in [-0.25, -0.2) is 9.59 Å². The van der Waals surface area contributed by atoms with Crippen molar-refractivity contribution in [2.24, 2.45) is 0 Å². The number of carbonyl (C=O) groups excluding carboxylic acids is 1. The highest BCUT2D eigenvalue weighted by Crippen LogP contribution is 2.15. The summed E-state index contributed by atoms with van der Waals surface area (Å²) in [5, 5.41) is 14.1. The maximum atomic E-state index is 11.8. The van der Waals surface area contributed by atoms with Gasteiger partial charge in [0.1, 0.15) is 6.04 Å². The normalized spacial score (nSPS) is 13.4. The van der Waals surface area contributed by atoms with Crippen molar-refractivity contribution in [2.45, 2.75) is 38.8 Å². The molecule has 0 radical (unpaired) electrons. The standard InChI is InChI=1S/C14H20N2O3/c1-3-11(10-8-6-5-7-9-10)15-14(19)16-12(4-2)13(17)18/h5-9,11-12H,3-4H2,1-2H3,(H,17,18)(H2,15,16,19). The predicted molar refractivity (Wildman–Crippen MR) is 72.9 cm³/mol. The van der Waals surface area contributed by atoms with Crippen molar-refractivity contribution in [3.8, 4) is 0 Å². The van der Waals surface area contributed by atoms with E-state index >= 15 is 0 Å². The Balaban J connectivity index is 2.61. The van der Waals surface area contributed by atoms with Crippen LogP contribution in [0.4, 0.5) is 4.79 Å². The number of nitrogens with one attached hydrogen (secondary N) is 2. The minimum Gasteiger partial charge on any atom is -0.480 e. The van der Waals surface area contributed by atoms with E-state index in [2.05, 4.69) is 10.6 Å². The van der Waals surface area contributed by atoms with E-state index in [9.17, 15) is 9.59 Å². The smallest absolute Gasteiger partial charge is 0.326 e. The zero-order valence-electron chi connectivity index (χ0n) is 11.2. The zero-order chi connectivity index (χ0) is 14.3. The minimum absolute atomic E-state index is 0.118. The summed E-state index contributed by atoms with van der Waals surface area (Å²) < 4.78 is 0. The summed E-state index contributed by atoms with van der Waals surface area (Å²) >= 11 is 0. The van der Waals surface area contributed by atoms with Crippen molar-refractivity contribution in [1.29, 1.82) is 0 Å². The van der Waals surface area contributed by atoms with Gasteiger partial charge >= 0.3 is 12.0 Å². The summed E-state index contributed by atoms with van der Waals surface area (Å²) in [5.74, 6) is -1.02. The first-order chi connectivity index (χ1) is 9.08. The first-order valence-corrected chi connectivity index (χ1v) is 6.43. The molecule has 0 saturated heterocycles. The van der Waals surface area contributed by atoms with E-state index in [-0.39, 0.29) is 6.04 Å². The topological polar surface area (TPSA) is 78.4 Å². The SMILES string of the molecule is CCC(NC(=O)NC(CC)c1ccccc1)C(=O)O. The summed E-state index contributed by atoms with van der Waals surface area (Å²) in [6, 6.07) is 8.17. The quantitative estimate of drug-likeness (QED) is 0.737. The zero-order valence-corrected chi connectivity index (χ0v) is 11.2. The van der Waals surface area contributed by atoms with Crippen LogP contribution < -0.4 is 10.6 Å². The highest BCUT2D eigenvalue weighted by atomic mass is 16.4. The van der Waals surface area contributed by atoms with E-state index in [1.165, 1.54) is 0 Å². The second kappa shape index (κ2) is 7.41. The number of benzene rings is 1. The molecule has 0 aliphatic heterocycles. The molecule has 0 saturated carbocycles. The van der Waals surface area contributed by atoms with Crippen LogP contribution in [0.5, 0.6) is 0 Å². The number of aliphatic carboxylic acids is 1. The van der Waals surface area contributed by atoms with E-state index < -0.39 is 18.0 Å². The fraction of sp³-hybridized carbons (Fsp3) is 0.429. The molecule has 0 heterocycles. The van der Waals surface area contributed by atoms with Crippen LogP contribution in [-0.4, -0.2) is 23.1 Å². The third-order valence-electron chi connectivity index (χ3n) is 2.93. The van der Waals surface area contributed by atoms with Crippen LogP contribution in [-0.2, 0) is 4.79 Å². The number of amides is 2. The Bertz CT molecular complexity index is 420. The monoisotopic (exact) mass is 264 g/mol. The van der Waals surface area contributed by atoms with Crippen molar-refractivity contribution in [1.82, 2.24) is 10.6 Å². The van der Waals surface area contributed by atoms with Crippen LogP contribution in [0.15, 0.2) is 30.3 Å². The lowest BCUT2D eigenvalue weighted by atomic mass is 10.1. The van der Waals surface area contributed by atoms with E-state index in [1.807, 2.05) is 37.3 Å². The van der Waals surface area contributed by atoms with Crippen LogP contribution in [0.1, 0.15) is 38.3 Å². The molecule has 3 N–H and O–H groups in total. The molecule has 0 aromatic heterocycles. The number of carboxylic acids is 1. The largest absolute Gasteiger partial charge is 0.480 e. The Kier molecular flexibility index (Phi) is 5.85. The molecule has 0 spiro atoms. The molecule has 2 unspecified atom stereocenters. The molecule has 104 valence electrons. The van der Waals surface area contributed by atoms with Crippen molar-refractivity contribution >= 4 is 12.0 Å².